The number of anilines is 1. The highest BCUT2D eigenvalue weighted by atomic mass is 79.9. The monoisotopic (exact) mass is 283 g/mol. The molecule has 2 rings (SSSR count). The molecule has 0 bridgehead atoms. The average molecular weight is 284 g/mol. The van der Waals surface area contributed by atoms with Crippen molar-refractivity contribution in [1.82, 2.24) is 0 Å². The van der Waals surface area contributed by atoms with Gasteiger partial charge in [0.25, 0.3) is 0 Å². The molecule has 0 aromatic heterocycles. The fourth-order valence-corrected chi connectivity index (χ4v) is 2.48. The van der Waals surface area contributed by atoms with E-state index < -0.39 is 0 Å². The van der Waals surface area contributed by atoms with Crippen LogP contribution < -0.4 is 5.32 Å². The smallest absolute Gasteiger partial charge is 0.0741 e. The molecule has 0 amide bonds. The molecule has 0 radical (unpaired) electrons. The molecule has 0 saturated heterocycles. The van der Waals surface area contributed by atoms with Crippen LogP contribution in [0.1, 0.15) is 32.1 Å². The molecule has 1 fully saturated rings. The summed E-state index contributed by atoms with van der Waals surface area (Å²) in [6, 6.07) is 8.34. The van der Waals surface area contributed by atoms with Gasteiger partial charge in [-0.05, 0) is 37.1 Å². The van der Waals surface area contributed by atoms with Gasteiger partial charge in [-0.25, -0.2) is 0 Å². The molecule has 0 aliphatic heterocycles. The highest BCUT2D eigenvalue weighted by molar-refractivity contribution is 9.10. The Balaban J connectivity index is 1.99. The summed E-state index contributed by atoms with van der Waals surface area (Å²) in [5.41, 5.74) is 1.09. The first-order valence-electron chi connectivity index (χ1n) is 5.96. The van der Waals surface area contributed by atoms with Crippen LogP contribution in [0.3, 0.4) is 0 Å². The third kappa shape index (κ3) is 3.22. The van der Waals surface area contributed by atoms with Gasteiger partial charge in [0.2, 0.25) is 0 Å². The summed E-state index contributed by atoms with van der Waals surface area (Å²) in [5.74, 6) is 0. The summed E-state index contributed by atoms with van der Waals surface area (Å²) in [5, 5.41) is 13.4. The lowest BCUT2D eigenvalue weighted by atomic mass is 10.1. The summed E-state index contributed by atoms with van der Waals surface area (Å²) < 4.78 is 1.08. The quantitative estimate of drug-likeness (QED) is 0.814. The highest BCUT2D eigenvalue weighted by Gasteiger charge is 2.20. The SMILES string of the molecule is OC1CCCCCC1Nc1ccc(Br)cc1. The molecule has 1 aliphatic rings. The second kappa shape index (κ2) is 5.69. The van der Waals surface area contributed by atoms with Crippen LogP contribution in [0.4, 0.5) is 5.69 Å². The second-order valence-corrected chi connectivity index (χ2v) is 5.38. The van der Waals surface area contributed by atoms with E-state index in [0.29, 0.717) is 0 Å². The Morgan fingerprint density at radius 1 is 1.06 bits per heavy atom. The third-order valence-corrected chi connectivity index (χ3v) is 3.70. The number of nitrogens with one attached hydrogen (secondary N) is 1. The number of rotatable bonds is 2. The minimum absolute atomic E-state index is 0.203. The van der Waals surface area contributed by atoms with E-state index in [1.807, 2.05) is 24.3 Å². The number of hydrogen-bond donors (Lipinski definition) is 2. The molecule has 1 aromatic carbocycles. The molecule has 2 nitrogen and oxygen atoms in total. The Bertz CT molecular complexity index is 325. The van der Waals surface area contributed by atoms with Gasteiger partial charge < -0.3 is 10.4 Å². The van der Waals surface area contributed by atoms with E-state index in [1.54, 1.807) is 0 Å². The lowest BCUT2D eigenvalue weighted by Crippen LogP contribution is -2.32. The van der Waals surface area contributed by atoms with Gasteiger partial charge in [0.05, 0.1) is 12.1 Å². The molecule has 2 unspecified atom stereocenters. The molecule has 1 aliphatic carbocycles. The summed E-state index contributed by atoms with van der Waals surface area (Å²) in [7, 11) is 0. The third-order valence-electron chi connectivity index (χ3n) is 3.18. The van der Waals surface area contributed by atoms with Crippen LogP contribution in [0.2, 0.25) is 0 Å². The van der Waals surface area contributed by atoms with Crippen molar-refractivity contribution < 1.29 is 5.11 Å². The maximum atomic E-state index is 9.99. The summed E-state index contributed by atoms with van der Waals surface area (Å²) in [4.78, 5) is 0. The normalized spacial score (nSPS) is 26.1. The van der Waals surface area contributed by atoms with Crippen LogP contribution in [0.5, 0.6) is 0 Å². The van der Waals surface area contributed by atoms with Crippen molar-refractivity contribution in [3.8, 4) is 0 Å². The summed E-state index contributed by atoms with van der Waals surface area (Å²) in [6.45, 7) is 0. The van der Waals surface area contributed by atoms with E-state index in [9.17, 15) is 5.11 Å². The van der Waals surface area contributed by atoms with Crippen LogP contribution in [0.15, 0.2) is 28.7 Å². The Morgan fingerprint density at radius 3 is 2.50 bits per heavy atom. The van der Waals surface area contributed by atoms with Gasteiger partial charge in [0.1, 0.15) is 0 Å². The number of hydrogen-bond acceptors (Lipinski definition) is 2. The Hall–Kier alpha value is -0.540. The van der Waals surface area contributed by atoms with Crippen molar-refractivity contribution in [2.24, 2.45) is 0 Å². The maximum Gasteiger partial charge on any atom is 0.0741 e. The molecule has 3 heteroatoms. The van der Waals surface area contributed by atoms with Crippen molar-refractivity contribution in [1.29, 1.82) is 0 Å². The van der Waals surface area contributed by atoms with Crippen LogP contribution in [0.25, 0.3) is 0 Å². The van der Waals surface area contributed by atoms with Gasteiger partial charge in [0.15, 0.2) is 0 Å². The van der Waals surface area contributed by atoms with Crippen molar-refractivity contribution >= 4 is 21.6 Å². The topological polar surface area (TPSA) is 32.3 Å². The predicted molar refractivity (Wildman–Crippen MR) is 70.6 cm³/mol. The van der Waals surface area contributed by atoms with E-state index >= 15 is 0 Å². The lowest BCUT2D eigenvalue weighted by Gasteiger charge is -2.22. The molecule has 1 aromatic rings. The highest BCUT2D eigenvalue weighted by Crippen LogP contribution is 2.22. The molecule has 0 spiro atoms. The van der Waals surface area contributed by atoms with Crippen molar-refractivity contribution in [3.05, 3.63) is 28.7 Å². The number of aliphatic hydroxyl groups excluding tert-OH is 1. The molecule has 0 heterocycles. The van der Waals surface area contributed by atoms with Gasteiger partial charge in [-0.15, -0.1) is 0 Å². The molecule has 88 valence electrons. The summed E-state index contributed by atoms with van der Waals surface area (Å²) in [6.07, 6.45) is 5.40. The van der Waals surface area contributed by atoms with E-state index in [0.717, 1.165) is 29.4 Å². The minimum atomic E-state index is -0.203. The Morgan fingerprint density at radius 2 is 1.75 bits per heavy atom. The zero-order valence-electron chi connectivity index (χ0n) is 9.32. The first-order chi connectivity index (χ1) is 7.75. The lowest BCUT2D eigenvalue weighted by molar-refractivity contribution is 0.144. The van der Waals surface area contributed by atoms with E-state index in [2.05, 4.69) is 21.2 Å². The first-order valence-corrected chi connectivity index (χ1v) is 6.75. The van der Waals surface area contributed by atoms with Crippen molar-refractivity contribution in [2.75, 3.05) is 5.32 Å². The van der Waals surface area contributed by atoms with Crippen LogP contribution in [-0.2, 0) is 0 Å². The van der Waals surface area contributed by atoms with Gasteiger partial charge in [-0.3, -0.25) is 0 Å². The van der Waals surface area contributed by atoms with Gasteiger partial charge >= 0.3 is 0 Å². The molecular formula is C13H18BrNO. The Kier molecular flexibility index (Phi) is 4.24. The van der Waals surface area contributed by atoms with Gasteiger partial charge in [-0.1, -0.05) is 35.2 Å². The second-order valence-electron chi connectivity index (χ2n) is 4.46. The molecule has 2 atom stereocenters. The predicted octanol–water partition coefficient (Wildman–Crippen LogP) is 3.55. The molecular weight excluding hydrogens is 266 g/mol. The van der Waals surface area contributed by atoms with Gasteiger partial charge in [0, 0.05) is 10.2 Å². The number of aliphatic hydroxyl groups is 1. The first kappa shape index (κ1) is 11.9. The van der Waals surface area contributed by atoms with E-state index in [1.165, 1.54) is 12.8 Å². The van der Waals surface area contributed by atoms with Crippen LogP contribution in [-0.4, -0.2) is 17.3 Å². The zero-order valence-corrected chi connectivity index (χ0v) is 10.9. The number of benzene rings is 1. The van der Waals surface area contributed by atoms with Crippen molar-refractivity contribution in [3.63, 3.8) is 0 Å². The molecule has 1 saturated carbocycles. The molecule has 16 heavy (non-hydrogen) atoms. The van der Waals surface area contributed by atoms with Crippen LogP contribution >= 0.6 is 15.9 Å². The Labute approximate surface area is 105 Å². The maximum absolute atomic E-state index is 9.99. The van der Waals surface area contributed by atoms with E-state index in [4.69, 9.17) is 0 Å². The fraction of sp³-hybridized carbons (Fsp3) is 0.538. The molecule has 2 N–H and O–H groups in total. The van der Waals surface area contributed by atoms with Crippen molar-refractivity contribution in [2.45, 2.75) is 44.2 Å². The van der Waals surface area contributed by atoms with Gasteiger partial charge in [-0.2, -0.15) is 0 Å². The largest absolute Gasteiger partial charge is 0.391 e. The van der Waals surface area contributed by atoms with Crippen LogP contribution in [0, 0.1) is 0 Å². The summed E-state index contributed by atoms with van der Waals surface area (Å²) >= 11 is 3.42. The average Bonchev–Trinajstić information content (AvgIpc) is 2.48. The fourth-order valence-electron chi connectivity index (χ4n) is 2.22. The zero-order chi connectivity index (χ0) is 11.4. The minimum Gasteiger partial charge on any atom is -0.391 e. The van der Waals surface area contributed by atoms with E-state index in [-0.39, 0.29) is 12.1 Å². The number of halogens is 1. The standard InChI is InChI=1S/C13H18BrNO/c14-10-6-8-11(9-7-10)15-12-4-2-1-3-5-13(12)16/h6-9,12-13,15-16H,1-5H2.